The highest BCUT2D eigenvalue weighted by molar-refractivity contribution is 5.81. The summed E-state index contributed by atoms with van der Waals surface area (Å²) in [7, 11) is 1.62. The topological polar surface area (TPSA) is 58.4 Å². The van der Waals surface area contributed by atoms with Crippen LogP contribution in [-0.2, 0) is 11.3 Å². The van der Waals surface area contributed by atoms with E-state index in [-0.39, 0.29) is 23.5 Å². The molecular formula is C13H18FN3O. The van der Waals surface area contributed by atoms with Crippen LogP contribution in [0.3, 0.4) is 0 Å². The van der Waals surface area contributed by atoms with Crippen molar-refractivity contribution in [2.75, 3.05) is 19.3 Å². The van der Waals surface area contributed by atoms with Crippen molar-refractivity contribution in [3.63, 3.8) is 0 Å². The van der Waals surface area contributed by atoms with Gasteiger partial charge in [-0.1, -0.05) is 12.1 Å². The first-order valence-electron chi connectivity index (χ1n) is 6.12. The van der Waals surface area contributed by atoms with Gasteiger partial charge in [-0.2, -0.15) is 0 Å². The highest BCUT2D eigenvalue weighted by atomic mass is 19.1. The number of halogens is 1. The van der Waals surface area contributed by atoms with Gasteiger partial charge < -0.3 is 11.1 Å². The van der Waals surface area contributed by atoms with Gasteiger partial charge in [0.25, 0.3) is 0 Å². The van der Waals surface area contributed by atoms with Crippen LogP contribution in [0.25, 0.3) is 0 Å². The van der Waals surface area contributed by atoms with Crippen LogP contribution < -0.4 is 11.1 Å². The predicted octanol–water partition coefficient (Wildman–Crippen LogP) is 1.12. The van der Waals surface area contributed by atoms with E-state index in [2.05, 4.69) is 5.32 Å². The monoisotopic (exact) mass is 251 g/mol. The number of benzene rings is 1. The maximum Gasteiger partial charge on any atom is 0.237 e. The van der Waals surface area contributed by atoms with Crippen molar-refractivity contribution in [1.29, 1.82) is 0 Å². The Morgan fingerprint density at radius 2 is 2.39 bits per heavy atom. The third-order valence-corrected chi connectivity index (χ3v) is 3.39. The fourth-order valence-corrected chi connectivity index (χ4v) is 2.42. The SMILES string of the molecule is CNC(=O)C1CCCN1Cc1cccc(N)c1F. The maximum absolute atomic E-state index is 13.8. The van der Waals surface area contributed by atoms with Gasteiger partial charge in [0.2, 0.25) is 5.91 Å². The van der Waals surface area contributed by atoms with E-state index in [1.807, 2.05) is 4.90 Å². The number of nitrogen functional groups attached to an aromatic ring is 1. The number of carbonyl (C=O) groups excluding carboxylic acids is 1. The van der Waals surface area contributed by atoms with E-state index in [4.69, 9.17) is 5.73 Å². The van der Waals surface area contributed by atoms with Crippen LogP contribution >= 0.6 is 0 Å². The number of likely N-dealkylation sites (N-methyl/N-ethyl adjacent to an activating group) is 1. The van der Waals surface area contributed by atoms with Crippen LogP contribution in [0.4, 0.5) is 10.1 Å². The molecule has 1 aliphatic rings. The van der Waals surface area contributed by atoms with Gasteiger partial charge in [0, 0.05) is 19.2 Å². The van der Waals surface area contributed by atoms with Crippen LogP contribution in [0.15, 0.2) is 18.2 Å². The molecule has 98 valence electrons. The van der Waals surface area contributed by atoms with Crippen molar-refractivity contribution >= 4 is 11.6 Å². The molecule has 0 aliphatic carbocycles. The van der Waals surface area contributed by atoms with Crippen LogP contribution in [0.2, 0.25) is 0 Å². The number of nitrogens with two attached hydrogens (primary N) is 1. The molecule has 0 aromatic heterocycles. The second-order valence-corrected chi connectivity index (χ2v) is 4.56. The summed E-state index contributed by atoms with van der Waals surface area (Å²) in [6.45, 7) is 1.24. The number of hydrogen-bond acceptors (Lipinski definition) is 3. The Morgan fingerprint density at radius 1 is 1.61 bits per heavy atom. The van der Waals surface area contributed by atoms with Crippen molar-refractivity contribution in [3.8, 4) is 0 Å². The molecule has 0 spiro atoms. The van der Waals surface area contributed by atoms with E-state index in [1.54, 1.807) is 25.2 Å². The normalized spacial score (nSPS) is 20.0. The predicted molar refractivity (Wildman–Crippen MR) is 68.3 cm³/mol. The lowest BCUT2D eigenvalue weighted by Crippen LogP contribution is -2.41. The van der Waals surface area contributed by atoms with E-state index in [0.29, 0.717) is 12.1 Å². The molecule has 1 aliphatic heterocycles. The molecule has 4 nitrogen and oxygen atoms in total. The number of amides is 1. The molecule has 1 aromatic carbocycles. The summed E-state index contributed by atoms with van der Waals surface area (Å²) < 4.78 is 13.8. The summed E-state index contributed by atoms with van der Waals surface area (Å²) in [5.41, 5.74) is 6.25. The van der Waals surface area contributed by atoms with E-state index in [1.165, 1.54) is 0 Å². The lowest BCUT2D eigenvalue weighted by Gasteiger charge is -2.23. The smallest absolute Gasteiger partial charge is 0.237 e. The van der Waals surface area contributed by atoms with Crippen LogP contribution in [0.1, 0.15) is 18.4 Å². The van der Waals surface area contributed by atoms with E-state index in [0.717, 1.165) is 19.4 Å². The Labute approximate surface area is 106 Å². The molecule has 1 heterocycles. The number of nitrogens with zero attached hydrogens (tertiary/aromatic N) is 1. The molecular weight excluding hydrogens is 233 g/mol. The van der Waals surface area contributed by atoms with Crippen molar-refractivity contribution in [2.24, 2.45) is 0 Å². The zero-order valence-electron chi connectivity index (χ0n) is 10.4. The number of hydrogen-bond donors (Lipinski definition) is 2. The Kier molecular flexibility index (Phi) is 3.81. The molecule has 5 heteroatoms. The van der Waals surface area contributed by atoms with E-state index in [9.17, 15) is 9.18 Å². The lowest BCUT2D eigenvalue weighted by atomic mass is 10.1. The van der Waals surface area contributed by atoms with Crippen molar-refractivity contribution < 1.29 is 9.18 Å². The molecule has 0 radical (unpaired) electrons. The third-order valence-electron chi connectivity index (χ3n) is 3.39. The van der Waals surface area contributed by atoms with Crippen molar-refractivity contribution in [2.45, 2.75) is 25.4 Å². The fraction of sp³-hybridized carbons (Fsp3) is 0.462. The largest absolute Gasteiger partial charge is 0.396 e. The maximum atomic E-state index is 13.8. The minimum Gasteiger partial charge on any atom is -0.396 e. The summed E-state index contributed by atoms with van der Waals surface area (Å²) in [4.78, 5) is 13.7. The number of rotatable bonds is 3. The Hall–Kier alpha value is -1.62. The standard InChI is InChI=1S/C13H18FN3O/c1-16-13(18)11-6-3-7-17(11)8-9-4-2-5-10(15)12(9)14/h2,4-5,11H,3,6-8,15H2,1H3,(H,16,18). The molecule has 1 amide bonds. The van der Waals surface area contributed by atoms with Crippen LogP contribution in [0, 0.1) is 5.82 Å². The summed E-state index contributed by atoms with van der Waals surface area (Å²) in [6.07, 6.45) is 1.78. The number of nitrogens with one attached hydrogen (secondary N) is 1. The average molecular weight is 251 g/mol. The van der Waals surface area contributed by atoms with Gasteiger partial charge in [0.15, 0.2) is 5.82 Å². The van der Waals surface area contributed by atoms with E-state index >= 15 is 0 Å². The average Bonchev–Trinajstić information content (AvgIpc) is 2.82. The number of likely N-dealkylation sites (tertiary alicyclic amines) is 1. The van der Waals surface area contributed by atoms with Gasteiger partial charge >= 0.3 is 0 Å². The van der Waals surface area contributed by atoms with E-state index < -0.39 is 0 Å². The summed E-state index contributed by atoms with van der Waals surface area (Å²) in [5.74, 6) is -0.378. The summed E-state index contributed by atoms with van der Waals surface area (Å²) in [5, 5.41) is 2.65. The molecule has 1 atom stereocenters. The molecule has 2 rings (SSSR count). The Balaban J connectivity index is 2.13. The first-order valence-corrected chi connectivity index (χ1v) is 6.12. The number of carbonyl (C=O) groups is 1. The van der Waals surface area contributed by atoms with Gasteiger partial charge in [-0.25, -0.2) is 4.39 Å². The highest BCUT2D eigenvalue weighted by Crippen LogP contribution is 2.23. The van der Waals surface area contributed by atoms with Crippen molar-refractivity contribution in [1.82, 2.24) is 10.2 Å². The van der Waals surface area contributed by atoms with Crippen LogP contribution in [0.5, 0.6) is 0 Å². The van der Waals surface area contributed by atoms with Crippen molar-refractivity contribution in [3.05, 3.63) is 29.6 Å². The summed E-state index contributed by atoms with van der Waals surface area (Å²) >= 11 is 0. The fourth-order valence-electron chi connectivity index (χ4n) is 2.42. The second kappa shape index (κ2) is 5.35. The lowest BCUT2D eigenvalue weighted by molar-refractivity contribution is -0.125. The first-order chi connectivity index (χ1) is 8.63. The zero-order chi connectivity index (χ0) is 13.1. The van der Waals surface area contributed by atoms with Gasteiger partial charge in [-0.3, -0.25) is 9.69 Å². The number of anilines is 1. The molecule has 1 aromatic rings. The Bertz CT molecular complexity index is 450. The molecule has 1 unspecified atom stereocenters. The molecule has 1 fully saturated rings. The minimum atomic E-state index is -0.375. The van der Waals surface area contributed by atoms with Gasteiger partial charge in [0.05, 0.1) is 11.7 Å². The Morgan fingerprint density at radius 3 is 3.11 bits per heavy atom. The molecule has 1 saturated heterocycles. The summed E-state index contributed by atoms with van der Waals surface area (Å²) in [6, 6.07) is 4.83. The molecule has 3 N–H and O–H groups in total. The molecule has 0 saturated carbocycles. The van der Waals surface area contributed by atoms with Gasteiger partial charge in [0.1, 0.15) is 0 Å². The highest BCUT2D eigenvalue weighted by Gasteiger charge is 2.30. The van der Waals surface area contributed by atoms with Gasteiger partial charge in [-0.15, -0.1) is 0 Å². The third kappa shape index (κ3) is 2.46. The van der Waals surface area contributed by atoms with Gasteiger partial charge in [-0.05, 0) is 25.5 Å². The quantitative estimate of drug-likeness (QED) is 0.791. The molecule has 18 heavy (non-hydrogen) atoms. The zero-order valence-corrected chi connectivity index (χ0v) is 10.4. The van der Waals surface area contributed by atoms with Crippen LogP contribution in [-0.4, -0.2) is 30.4 Å². The second-order valence-electron chi connectivity index (χ2n) is 4.56. The first kappa shape index (κ1) is 12.8. The molecule has 0 bridgehead atoms. The minimum absolute atomic E-state index is 0.00295.